The van der Waals surface area contributed by atoms with Crippen molar-refractivity contribution in [2.45, 2.75) is 53.4 Å². The molecule has 132 valence electrons. The lowest BCUT2D eigenvalue weighted by molar-refractivity contribution is 0.410. The highest BCUT2D eigenvalue weighted by Gasteiger charge is 2.02. The van der Waals surface area contributed by atoms with Gasteiger partial charge >= 0.3 is 0 Å². The predicted octanol–water partition coefficient (Wildman–Crippen LogP) is 7.21. The fourth-order valence-corrected chi connectivity index (χ4v) is 2.67. The van der Waals surface area contributed by atoms with Crippen LogP contribution in [0.3, 0.4) is 0 Å². The highest BCUT2D eigenvalue weighted by atomic mass is 16.5. The van der Waals surface area contributed by atoms with Crippen molar-refractivity contribution in [1.82, 2.24) is 0 Å². The molecule has 1 heteroatoms. The molecule has 0 saturated heterocycles. The monoisotopic (exact) mass is 334 g/mol. The Kier molecular flexibility index (Phi) is 6.64. The van der Waals surface area contributed by atoms with E-state index in [2.05, 4.69) is 77.9 Å². The summed E-state index contributed by atoms with van der Waals surface area (Å²) in [5.74, 6) is 1.06. The molecule has 0 atom stereocenters. The summed E-state index contributed by atoms with van der Waals surface area (Å²) in [5, 5.41) is 0. The fourth-order valence-electron chi connectivity index (χ4n) is 2.67. The summed E-state index contributed by atoms with van der Waals surface area (Å²) in [7, 11) is 0. The summed E-state index contributed by atoms with van der Waals surface area (Å²) in [4.78, 5) is 0. The second-order valence-corrected chi connectivity index (χ2v) is 7.28. The smallest absolute Gasteiger partial charge is 0.0907 e. The van der Waals surface area contributed by atoms with Crippen LogP contribution in [0, 0.1) is 13.8 Å². The maximum atomic E-state index is 5.59. The summed E-state index contributed by atoms with van der Waals surface area (Å²) in [6.45, 7) is 13.1. The van der Waals surface area contributed by atoms with Gasteiger partial charge in [-0.2, -0.15) is 0 Å². The van der Waals surface area contributed by atoms with Gasteiger partial charge in [0, 0.05) is 0 Å². The molecule has 0 amide bonds. The minimum absolute atomic E-state index is 0.532. The average molecular weight is 335 g/mol. The van der Waals surface area contributed by atoms with E-state index in [0.29, 0.717) is 11.8 Å². The normalized spacial score (nSPS) is 12.0. The average Bonchev–Trinajstić information content (AvgIpc) is 2.57. The minimum atomic E-state index is 0.532. The van der Waals surface area contributed by atoms with E-state index in [0.717, 1.165) is 0 Å². The molecule has 0 spiro atoms. The third-order valence-electron chi connectivity index (χ3n) is 4.59. The van der Waals surface area contributed by atoms with Crippen molar-refractivity contribution < 1.29 is 4.74 Å². The van der Waals surface area contributed by atoms with E-state index in [1.165, 1.54) is 33.4 Å². The lowest BCUT2D eigenvalue weighted by Crippen LogP contribution is -1.90. The van der Waals surface area contributed by atoms with E-state index in [-0.39, 0.29) is 0 Å². The lowest BCUT2D eigenvalue weighted by Gasteiger charge is -2.09. The topological polar surface area (TPSA) is 9.23 Å². The second kappa shape index (κ2) is 8.71. The quantitative estimate of drug-likeness (QED) is 0.507. The van der Waals surface area contributed by atoms with E-state index >= 15 is 0 Å². The molecule has 25 heavy (non-hydrogen) atoms. The van der Waals surface area contributed by atoms with E-state index in [1.54, 1.807) is 12.5 Å². The van der Waals surface area contributed by atoms with Crippen molar-refractivity contribution in [3.05, 3.63) is 82.3 Å². The number of benzene rings is 2. The Morgan fingerprint density at radius 3 is 1.44 bits per heavy atom. The highest BCUT2D eigenvalue weighted by Crippen LogP contribution is 2.21. The van der Waals surface area contributed by atoms with Gasteiger partial charge < -0.3 is 4.74 Å². The fraction of sp³-hybridized carbons (Fsp3) is 0.333. The van der Waals surface area contributed by atoms with Gasteiger partial charge in [0.1, 0.15) is 0 Å². The number of hydrogen-bond acceptors (Lipinski definition) is 1. The lowest BCUT2D eigenvalue weighted by atomic mass is 9.98. The van der Waals surface area contributed by atoms with Gasteiger partial charge in [-0.05, 0) is 71.2 Å². The molecule has 2 rings (SSSR count). The van der Waals surface area contributed by atoms with Crippen LogP contribution in [-0.4, -0.2) is 0 Å². The third-order valence-corrected chi connectivity index (χ3v) is 4.59. The molecule has 0 aliphatic carbocycles. The highest BCUT2D eigenvalue weighted by molar-refractivity contribution is 5.56. The SMILES string of the molecule is Cc1ccc(C(C)C)cc1C=COC=Cc1cc(C(C)C)ccc1C. The van der Waals surface area contributed by atoms with Crippen LogP contribution in [0.15, 0.2) is 48.9 Å². The van der Waals surface area contributed by atoms with Crippen LogP contribution in [0.25, 0.3) is 12.2 Å². The predicted molar refractivity (Wildman–Crippen MR) is 110 cm³/mol. The van der Waals surface area contributed by atoms with E-state index < -0.39 is 0 Å². The second-order valence-electron chi connectivity index (χ2n) is 7.28. The van der Waals surface area contributed by atoms with Crippen LogP contribution in [0.2, 0.25) is 0 Å². The Hall–Kier alpha value is -2.28. The van der Waals surface area contributed by atoms with Crippen molar-refractivity contribution in [2.75, 3.05) is 0 Å². The number of rotatable bonds is 6. The van der Waals surface area contributed by atoms with Gasteiger partial charge in [0.15, 0.2) is 0 Å². The largest absolute Gasteiger partial charge is 0.473 e. The van der Waals surface area contributed by atoms with Crippen LogP contribution in [0.5, 0.6) is 0 Å². The molecule has 0 aliphatic rings. The molecule has 0 aromatic heterocycles. The van der Waals surface area contributed by atoms with Crippen LogP contribution >= 0.6 is 0 Å². The molecular weight excluding hydrogens is 304 g/mol. The molecule has 0 radical (unpaired) electrons. The van der Waals surface area contributed by atoms with Crippen LogP contribution in [-0.2, 0) is 4.74 Å². The van der Waals surface area contributed by atoms with E-state index in [9.17, 15) is 0 Å². The Bertz CT molecular complexity index is 698. The number of hydrogen-bond donors (Lipinski definition) is 0. The Morgan fingerprint density at radius 2 is 1.08 bits per heavy atom. The van der Waals surface area contributed by atoms with Gasteiger partial charge in [0.2, 0.25) is 0 Å². The number of ether oxygens (including phenoxy) is 1. The Labute approximate surface area is 153 Å². The van der Waals surface area contributed by atoms with Gasteiger partial charge in [-0.3, -0.25) is 0 Å². The molecule has 0 fully saturated rings. The molecule has 0 heterocycles. The van der Waals surface area contributed by atoms with Crippen LogP contribution < -0.4 is 0 Å². The summed E-state index contributed by atoms with van der Waals surface area (Å²) in [6, 6.07) is 13.2. The van der Waals surface area contributed by atoms with Crippen molar-refractivity contribution >= 4 is 12.2 Å². The van der Waals surface area contributed by atoms with Crippen molar-refractivity contribution in [3.8, 4) is 0 Å². The first-order valence-electron chi connectivity index (χ1n) is 9.08. The molecule has 2 aromatic rings. The molecule has 0 aliphatic heterocycles. The standard InChI is InChI=1S/C24H30O/c1-17(2)21-9-7-19(5)23(15-21)11-13-25-14-12-24-16-22(18(3)4)10-8-20(24)6/h7-18H,1-6H3. The summed E-state index contributed by atoms with van der Waals surface area (Å²) in [5.41, 5.74) is 7.63. The third kappa shape index (κ3) is 5.35. The zero-order chi connectivity index (χ0) is 18.4. The Morgan fingerprint density at radius 1 is 0.680 bits per heavy atom. The molecule has 0 unspecified atom stereocenters. The molecule has 0 N–H and O–H groups in total. The maximum absolute atomic E-state index is 5.59. The minimum Gasteiger partial charge on any atom is -0.473 e. The van der Waals surface area contributed by atoms with Crippen molar-refractivity contribution in [3.63, 3.8) is 0 Å². The van der Waals surface area contributed by atoms with Crippen molar-refractivity contribution in [1.29, 1.82) is 0 Å². The molecule has 0 bridgehead atoms. The van der Waals surface area contributed by atoms with Gasteiger partial charge in [-0.1, -0.05) is 64.1 Å². The number of aryl methyl sites for hydroxylation is 2. The van der Waals surface area contributed by atoms with Crippen molar-refractivity contribution in [2.24, 2.45) is 0 Å². The van der Waals surface area contributed by atoms with Crippen LogP contribution in [0.1, 0.15) is 72.9 Å². The maximum Gasteiger partial charge on any atom is 0.0907 e. The van der Waals surface area contributed by atoms with Gasteiger partial charge in [-0.15, -0.1) is 0 Å². The first kappa shape index (κ1) is 19.1. The summed E-state index contributed by atoms with van der Waals surface area (Å²) in [6.07, 6.45) is 7.57. The molecule has 0 saturated carbocycles. The van der Waals surface area contributed by atoms with E-state index in [1.807, 2.05) is 12.2 Å². The first-order valence-corrected chi connectivity index (χ1v) is 9.08. The van der Waals surface area contributed by atoms with E-state index in [4.69, 9.17) is 4.74 Å². The van der Waals surface area contributed by atoms with Gasteiger partial charge in [-0.25, -0.2) is 0 Å². The molecular formula is C24H30O. The summed E-state index contributed by atoms with van der Waals surface area (Å²) < 4.78 is 5.59. The molecule has 1 nitrogen and oxygen atoms in total. The summed E-state index contributed by atoms with van der Waals surface area (Å²) >= 11 is 0. The van der Waals surface area contributed by atoms with Gasteiger partial charge in [0.05, 0.1) is 12.5 Å². The zero-order valence-corrected chi connectivity index (χ0v) is 16.3. The first-order chi connectivity index (χ1) is 11.9. The van der Waals surface area contributed by atoms with Crippen LogP contribution in [0.4, 0.5) is 0 Å². The van der Waals surface area contributed by atoms with Gasteiger partial charge in [0.25, 0.3) is 0 Å². The molecule has 2 aromatic carbocycles. The Balaban J connectivity index is 2.05. The zero-order valence-electron chi connectivity index (χ0n) is 16.3.